The number of carbonyl (C=O) groups excluding carboxylic acids is 1. The van der Waals surface area contributed by atoms with Crippen LogP contribution in [0.25, 0.3) is 11.1 Å². The number of allylic oxidation sites excluding steroid dienone is 3. The number of ether oxygens (including phenoxy) is 1. The van der Waals surface area contributed by atoms with Crippen LogP contribution < -0.4 is 14.8 Å². The van der Waals surface area contributed by atoms with Gasteiger partial charge in [-0.1, -0.05) is 54.6 Å². The molecule has 2 aliphatic rings. The molecular formula is C41H49ClN3O2+. The Bertz CT molecular complexity index is 1670. The van der Waals surface area contributed by atoms with E-state index >= 15 is 0 Å². The zero-order valence-corrected chi connectivity index (χ0v) is 29.4. The second-order valence-corrected chi connectivity index (χ2v) is 12.8. The lowest BCUT2D eigenvalue weighted by atomic mass is 9.83. The van der Waals surface area contributed by atoms with Gasteiger partial charge in [-0.15, -0.1) is 0 Å². The van der Waals surface area contributed by atoms with E-state index in [1.165, 1.54) is 16.8 Å². The molecule has 47 heavy (non-hydrogen) atoms. The number of nitrogens with zero attached hydrogens (tertiary/aromatic N) is 2. The molecule has 2 aliphatic carbocycles. The maximum Gasteiger partial charge on any atom is 0.333 e. The summed E-state index contributed by atoms with van der Waals surface area (Å²) >= 11 is 7.18. The molecule has 0 aliphatic heterocycles. The minimum Gasteiger partial charge on any atom is -0.459 e. The summed E-state index contributed by atoms with van der Waals surface area (Å²) in [5.74, 6) is -0.291. The number of fused-ring (bicyclic) bond motifs is 1. The summed E-state index contributed by atoms with van der Waals surface area (Å²) in [4.78, 5) is 20.6. The molecule has 1 N–H and O–H groups in total. The van der Waals surface area contributed by atoms with Gasteiger partial charge in [-0.05, 0) is 106 Å². The Morgan fingerprint density at radius 1 is 0.830 bits per heavy atom. The molecule has 0 aromatic heterocycles. The van der Waals surface area contributed by atoms with E-state index in [4.69, 9.17) is 16.3 Å². The Hall–Kier alpha value is -4.09. The molecule has 0 heterocycles. The highest BCUT2D eigenvalue weighted by Gasteiger charge is 2.29. The van der Waals surface area contributed by atoms with E-state index in [-0.39, 0.29) is 12.1 Å². The monoisotopic (exact) mass is 650 g/mol. The second-order valence-electron chi connectivity index (χ2n) is 12.4. The fourth-order valence-corrected chi connectivity index (χ4v) is 7.09. The van der Waals surface area contributed by atoms with Crippen molar-refractivity contribution in [3.05, 3.63) is 118 Å². The van der Waals surface area contributed by atoms with Gasteiger partial charge in [0.05, 0.1) is 10.6 Å². The first-order chi connectivity index (χ1) is 22.8. The van der Waals surface area contributed by atoms with Crippen LogP contribution >= 0.6 is 11.6 Å². The standard InChI is InChI=1S/C41H48ClN3O2/c1-7-44(8-2)31-19-15-29(16-20-31)40(37-24-21-32(27-38(37)42)45(9-3)10-4)36-25-26-39(35-14-12-11-13-34(35)36)43-30-17-22-33(23-18-30)47-41(46)28(5)6/h11-16,19-21,24-27,30,33H,5,7-10,17-18,22-23H2,1-4,6H3/p+1/b40-36-,43-39?. The normalized spacial score (nSPS) is 19.2. The Morgan fingerprint density at radius 2 is 1.43 bits per heavy atom. The van der Waals surface area contributed by atoms with Gasteiger partial charge < -0.3 is 14.5 Å². The third-order valence-electron chi connectivity index (χ3n) is 9.48. The second kappa shape index (κ2) is 15.7. The van der Waals surface area contributed by atoms with E-state index in [0.29, 0.717) is 11.6 Å². The van der Waals surface area contributed by atoms with Gasteiger partial charge >= 0.3 is 5.97 Å². The topological polar surface area (TPSA) is 46.8 Å². The molecule has 5 rings (SSSR count). The number of anilines is 2. The first kappa shape index (κ1) is 34.3. The molecule has 3 aromatic rings. The average molecular weight is 651 g/mol. The van der Waals surface area contributed by atoms with Gasteiger partial charge in [0.2, 0.25) is 5.71 Å². The maximum absolute atomic E-state index is 12.0. The zero-order chi connectivity index (χ0) is 33.5. The largest absolute Gasteiger partial charge is 0.459 e. The lowest BCUT2D eigenvalue weighted by molar-refractivity contribution is -0.507. The third kappa shape index (κ3) is 7.73. The molecule has 0 spiro atoms. The molecule has 0 bridgehead atoms. The van der Waals surface area contributed by atoms with E-state index in [0.717, 1.165) is 90.6 Å². The lowest BCUT2D eigenvalue weighted by Crippen LogP contribution is -2.80. The minimum absolute atomic E-state index is 0.0421. The molecule has 3 aromatic carbocycles. The van der Waals surface area contributed by atoms with Crippen molar-refractivity contribution < 1.29 is 14.5 Å². The summed E-state index contributed by atoms with van der Waals surface area (Å²) in [5, 5.41) is 0.743. The molecule has 1 fully saturated rings. The molecule has 0 amide bonds. The molecule has 1 saturated carbocycles. The first-order valence-corrected chi connectivity index (χ1v) is 17.6. The molecule has 0 radical (unpaired) electrons. The molecule has 0 saturated heterocycles. The van der Waals surface area contributed by atoms with Crippen LogP contribution in [0, 0.1) is 0 Å². The SMILES string of the molecule is C=C(C)C(=O)OC1CCC([NH+]=C2C=C/C(=C(\c3ccc(N(CC)CC)cc3)c3ccc(N(CC)CC)cc3Cl)c3ccccc32)CC1. The van der Waals surface area contributed by atoms with Crippen LogP contribution in [-0.4, -0.2) is 50.0 Å². The van der Waals surface area contributed by atoms with Gasteiger partial charge in [-0.2, -0.15) is 0 Å². The van der Waals surface area contributed by atoms with Crippen LogP contribution in [-0.2, 0) is 9.53 Å². The fourth-order valence-electron chi connectivity index (χ4n) is 6.82. The smallest absolute Gasteiger partial charge is 0.333 e. The highest BCUT2D eigenvalue weighted by atomic mass is 35.5. The van der Waals surface area contributed by atoms with Crippen LogP contribution in [0.5, 0.6) is 0 Å². The van der Waals surface area contributed by atoms with Gasteiger partial charge in [0.25, 0.3) is 0 Å². The Kier molecular flexibility index (Phi) is 11.4. The Labute approximate surface area is 286 Å². The predicted octanol–water partition coefficient (Wildman–Crippen LogP) is 7.86. The number of halogens is 1. The van der Waals surface area contributed by atoms with E-state index < -0.39 is 0 Å². The van der Waals surface area contributed by atoms with Gasteiger partial charge in [0, 0.05) is 67.6 Å². The first-order valence-electron chi connectivity index (χ1n) is 17.2. The van der Waals surface area contributed by atoms with Gasteiger partial charge in [-0.25, -0.2) is 9.79 Å². The number of esters is 1. The van der Waals surface area contributed by atoms with Crippen molar-refractivity contribution in [2.24, 2.45) is 0 Å². The molecule has 246 valence electrons. The average Bonchev–Trinajstić information content (AvgIpc) is 3.09. The summed E-state index contributed by atoms with van der Waals surface area (Å²) in [5.41, 5.74) is 10.7. The van der Waals surface area contributed by atoms with Crippen molar-refractivity contribution in [2.45, 2.75) is 72.4 Å². The van der Waals surface area contributed by atoms with E-state index in [9.17, 15) is 4.79 Å². The van der Waals surface area contributed by atoms with E-state index in [2.05, 4.69) is 128 Å². The van der Waals surface area contributed by atoms with Crippen molar-refractivity contribution >= 4 is 45.8 Å². The van der Waals surface area contributed by atoms with Gasteiger partial charge in [-0.3, -0.25) is 0 Å². The highest BCUT2D eigenvalue weighted by Crippen LogP contribution is 2.40. The highest BCUT2D eigenvalue weighted by molar-refractivity contribution is 6.33. The van der Waals surface area contributed by atoms with Crippen LogP contribution in [0.2, 0.25) is 5.02 Å². The summed E-state index contributed by atoms with van der Waals surface area (Å²) in [7, 11) is 0. The van der Waals surface area contributed by atoms with Gasteiger partial charge in [0.15, 0.2) is 6.04 Å². The minimum atomic E-state index is -0.291. The van der Waals surface area contributed by atoms with Crippen LogP contribution in [0.4, 0.5) is 11.4 Å². The number of nitrogens with one attached hydrogen (secondary N) is 1. The maximum atomic E-state index is 12.0. The van der Waals surface area contributed by atoms with E-state index in [1.807, 2.05) is 0 Å². The Balaban J connectivity index is 1.56. The van der Waals surface area contributed by atoms with Crippen LogP contribution in [0.15, 0.2) is 91.0 Å². The number of hydrogen-bond acceptors (Lipinski definition) is 4. The lowest BCUT2D eigenvalue weighted by Gasteiger charge is -2.25. The van der Waals surface area contributed by atoms with Crippen LogP contribution in [0.3, 0.4) is 0 Å². The number of carbonyl (C=O) groups is 1. The van der Waals surface area contributed by atoms with Crippen molar-refractivity contribution in [3.8, 4) is 0 Å². The fraction of sp³-hybridized carbons (Fsp3) is 0.366. The quantitative estimate of drug-likeness (QED) is 0.170. The Morgan fingerprint density at radius 3 is 2.02 bits per heavy atom. The molecule has 5 nitrogen and oxygen atoms in total. The summed E-state index contributed by atoms with van der Waals surface area (Å²) in [6, 6.07) is 24.3. The summed E-state index contributed by atoms with van der Waals surface area (Å²) < 4.78 is 5.64. The molecule has 0 unspecified atom stereocenters. The van der Waals surface area contributed by atoms with Crippen molar-refractivity contribution in [1.82, 2.24) is 0 Å². The number of rotatable bonds is 11. The number of benzene rings is 3. The van der Waals surface area contributed by atoms with E-state index in [1.54, 1.807) is 6.92 Å². The molecule has 6 heteroatoms. The molecular weight excluding hydrogens is 602 g/mol. The summed E-state index contributed by atoms with van der Waals surface area (Å²) in [6.07, 6.45) is 7.98. The number of hydrogen-bond donors (Lipinski definition) is 1. The van der Waals surface area contributed by atoms with Crippen molar-refractivity contribution in [2.75, 3.05) is 36.0 Å². The van der Waals surface area contributed by atoms with Crippen molar-refractivity contribution in [1.29, 1.82) is 0 Å². The van der Waals surface area contributed by atoms with Gasteiger partial charge in [0.1, 0.15) is 6.10 Å². The third-order valence-corrected chi connectivity index (χ3v) is 9.80. The predicted molar refractivity (Wildman–Crippen MR) is 199 cm³/mol. The van der Waals surface area contributed by atoms with Crippen LogP contribution in [0.1, 0.15) is 82.6 Å². The summed E-state index contributed by atoms with van der Waals surface area (Å²) in [6.45, 7) is 17.9. The zero-order valence-electron chi connectivity index (χ0n) is 28.6. The van der Waals surface area contributed by atoms with Crippen molar-refractivity contribution in [3.63, 3.8) is 0 Å². The molecule has 0 atom stereocenters.